The molecule has 9 rings (SSSR count). The minimum absolute atomic E-state index is 0.479. The molecule has 0 aliphatic heterocycles. The first-order valence-corrected chi connectivity index (χ1v) is 18.6. The van der Waals surface area contributed by atoms with Crippen LogP contribution in [0.15, 0.2) is 200 Å². The van der Waals surface area contributed by atoms with E-state index in [9.17, 15) is 0 Å². The molecule has 0 fully saturated rings. The Kier molecular flexibility index (Phi) is 8.96. The van der Waals surface area contributed by atoms with Crippen molar-refractivity contribution in [3.63, 3.8) is 0 Å². The van der Waals surface area contributed by atoms with Crippen LogP contribution in [-0.2, 0) is 0 Å². The molecule has 0 saturated carbocycles. The summed E-state index contributed by atoms with van der Waals surface area (Å²) in [6.45, 7) is 0.479. The third-order valence-corrected chi connectivity index (χ3v) is 10.3. The average Bonchev–Trinajstić information content (AvgIpc) is 3.24. The molecule has 0 unspecified atom stereocenters. The summed E-state index contributed by atoms with van der Waals surface area (Å²) < 4.78 is 6.50. The molecule has 0 aromatic heterocycles. The second-order valence-corrected chi connectivity index (χ2v) is 13.8. The highest BCUT2D eigenvalue weighted by Gasteiger charge is 2.19. The summed E-state index contributed by atoms with van der Waals surface area (Å²) in [6.07, 6.45) is 8.72. The number of nitrogen functional groups attached to an aromatic ring is 1. The summed E-state index contributed by atoms with van der Waals surface area (Å²) in [6, 6.07) is 62.7. The van der Waals surface area contributed by atoms with Crippen molar-refractivity contribution >= 4 is 44.3 Å². The number of hydrogen-bond acceptors (Lipinski definition) is 3. The Bertz CT molecular complexity index is 2660. The highest BCUT2D eigenvalue weighted by molar-refractivity contribution is 6.05. The van der Waals surface area contributed by atoms with E-state index in [0.717, 1.165) is 46.2 Å². The minimum atomic E-state index is 0.479. The third kappa shape index (κ3) is 6.53. The molecule has 260 valence electrons. The van der Waals surface area contributed by atoms with Gasteiger partial charge in [0.25, 0.3) is 0 Å². The summed E-state index contributed by atoms with van der Waals surface area (Å²) in [5.41, 5.74) is 18.7. The number of fused-ring (bicyclic) bond motifs is 2. The second-order valence-electron chi connectivity index (χ2n) is 13.8. The lowest BCUT2D eigenvalue weighted by atomic mass is 9.92. The van der Waals surface area contributed by atoms with Gasteiger partial charge in [-0.05, 0) is 117 Å². The standard InChI is InChI=1S/C51H40N2O/c52-49-31-30-46-47(51(49)54-35-36-14-4-1-5-15-36)24-13-25-50(46)53(43-28-26-39(27-29-43)37-16-6-2-7-17-37)44-22-12-21-41(33-44)48-34-42(38-18-8-3-9-19-38)32-40-20-10-11-23-45(40)48/h2-4,6-34H,1,5,35,52H2. The zero-order valence-corrected chi connectivity index (χ0v) is 30.0. The summed E-state index contributed by atoms with van der Waals surface area (Å²) in [5.74, 6) is 0.714. The first kappa shape index (κ1) is 33.0. The van der Waals surface area contributed by atoms with Crippen LogP contribution in [-0.4, -0.2) is 6.61 Å². The number of ether oxygens (including phenoxy) is 1. The largest absolute Gasteiger partial charge is 0.486 e. The van der Waals surface area contributed by atoms with Gasteiger partial charge in [0, 0.05) is 22.1 Å². The number of hydrogen-bond donors (Lipinski definition) is 1. The number of rotatable bonds is 9. The van der Waals surface area contributed by atoms with Crippen molar-refractivity contribution in [3.8, 4) is 39.1 Å². The summed E-state index contributed by atoms with van der Waals surface area (Å²) in [7, 11) is 0. The van der Waals surface area contributed by atoms with Gasteiger partial charge in [0.05, 0.1) is 11.4 Å². The highest BCUT2D eigenvalue weighted by Crippen LogP contribution is 2.44. The molecule has 3 nitrogen and oxygen atoms in total. The van der Waals surface area contributed by atoms with Crippen LogP contribution >= 0.6 is 0 Å². The Morgan fingerprint density at radius 1 is 0.500 bits per heavy atom. The van der Waals surface area contributed by atoms with E-state index < -0.39 is 0 Å². The molecule has 0 amide bonds. The van der Waals surface area contributed by atoms with Gasteiger partial charge in [0.15, 0.2) is 5.75 Å². The molecule has 0 radical (unpaired) electrons. The fraction of sp³-hybridized carbons (Fsp3) is 0.0588. The summed E-state index contributed by atoms with van der Waals surface area (Å²) in [4.78, 5) is 2.36. The van der Waals surface area contributed by atoms with Crippen molar-refractivity contribution in [2.24, 2.45) is 0 Å². The van der Waals surface area contributed by atoms with Crippen LogP contribution in [0.25, 0.3) is 54.9 Å². The Morgan fingerprint density at radius 3 is 1.96 bits per heavy atom. The maximum Gasteiger partial charge on any atom is 0.150 e. The van der Waals surface area contributed by atoms with Crippen molar-refractivity contribution < 1.29 is 4.74 Å². The fourth-order valence-corrected chi connectivity index (χ4v) is 7.64. The predicted molar refractivity (Wildman–Crippen MR) is 229 cm³/mol. The van der Waals surface area contributed by atoms with Gasteiger partial charge in [-0.3, -0.25) is 0 Å². The van der Waals surface area contributed by atoms with Crippen LogP contribution in [0.3, 0.4) is 0 Å². The van der Waals surface area contributed by atoms with Crippen LogP contribution in [0.5, 0.6) is 5.75 Å². The Balaban J connectivity index is 1.20. The molecule has 3 heteroatoms. The van der Waals surface area contributed by atoms with Gasteiger partial charge in [-0.25, -0.2) is 0 Å². The summed E-state index contributed by atoms with van der Waals surface area (Å²) in [5, 5.41) is 4.48. The molecule has 8 aromatic carbocycles. The first-order valence-electron chi connectivity index (χ1n) is 18.6. The van der Waals surface area contributed by atoms with Crippen molar-refractivity contribution in [3.05, 3.63) is 200 Å². The zero-order valence-electron chi connectivity index (χ0n) is 30.0. The van der Waals surface area contributed by atoms with Crippen LogP contribution in [0.2, 0.25) is 0 Å². The molecule has 8 aromatic rings. The Labute approximate surface area is 316 Å². The second kappa shape index (κ2) is 14.7. The summed E-state index contributed by atoms with van der Waals surface area (Å²) >= 11 is 0. The SMILES string of the molecule is Nc1ccc2c(N(c3ccc(-c4ccccc4)cc3)c3cccc(-c4cc(-c5ccccc5)cc5ccccc45)c3)cccc2c1OCC1=CCCC=C1. The lowest BCUT2D eigenvalue weighted by Gasteiger charge is -2.28. The molecule has 1 aliphatic carbocycles. The van der Waals surface area contributed by atoms with E-state index in [4.69, 9.17) is 10.5 Å². The highest BCUT2D eigenvalue weighted by atomic mass is 16.5. The van der Waals surface area contributed by atoms with Gasteiger partial charge in [0.2, 0.25) is 0 Å². The lowest BCUT2D eigenvalue weighted by Crippen LogP contribution is -2.11. The van der Waals surface area contributed by atoms with Gasteiger partial charge >= 0.3 is 0 Å². The molecule has 0 heterocycles. The topological polar surface area (TPSA) is 38.5 Å². The normalized spacial score (nSPS) is 12.5. The van der Waals surface area contributed by atoms with Crippen LogP contribution < -0.4 is 15.4 Å². The van der Waals surface area contributed by atoms with Crippen LogP contribution in [0.4, 0.5) is 22.7 Å². The molecule has 2 N–H and O–H groups in total. The van der Waals surface area contributed by atoms with E-state index in [2.05, 4.69) is 193 Å². The fourth-order valence-electron chi connectivity index (χ4n) is 7.64. The molecule has 0 bridgehead atoms. The molecule has 0 atom stereocenters. The van der Waals surface area contributed by atoms with Crippen molar-refractivity contribution in [2.45, 2.75) is 12.8 Å². The third-order valence-electron chi connectivity index (χ3n) is 10.3. The van der Waals surface area contributed by atoms with Crippen molar-refractivity contribution in [2.75, 3.05) is 17.2 Å². The number of nitrogens with two attached hydrogens (primary N) is 1. The molecule has 0 spiro atoms. The van der Waals surface area contributed by atoms with Gasteiger partial charge in [-0.1, -0.05) is 140 Å². The van der Waals surface area contributed by atoms with E-state index in [1.165, 1.54) is 44.2 Å². The number of anilines is 4. The van der Waals surface area contributed by atoms with Crippen molar-refractivity contribution in [1.82, 2.24) is 0 Å². The molecular formula is C51H40N2O. The predicted octanol–water partition coefficient (Wildman–Crippen LogP) is 13.7. The maximum absolute atomic E-state index is 6.63. The number of nitrogens with zero attached hydrogens (tertiary/aromatic N) is 1. The monoisotopic (exact) mass is 696 g/mol. The molecule has 0 saturated heterocycles. The van der Waals surface area contributed by atoms with E-state index in [1.807, 2.05) is 6.07 Å². The van der Waals surface area contributed by atoms with Crippen LogP contribution in [0, 0.1) is 0 Å². The molecule has 54 heavy (non-hydrogen) atoms. The molecule has 1 aliphatic rings. The first-order chi connectivity index (χ1) is 26.7. The zero-order chi connectivity index (χ0) is 36.3. The Hall–Kier alpha value is -6.84. The van der Waals surface area contributed by atoms with E-state index >= 15 is 0 Å². The van der Waals surface area contributed by atoms with E-state index in [-0.39, 0.29) is 0 Å². The maximum atomic E-state index is 6.63. The minimum Gasteiger partial charge on any atom is -0.486 e. The van der Waals surface area contributed by atoms with Crippen molar-refractivity contribution in [1.29, 1.82) is 0 Å². The van der Waals surface area contributed by atoms with Gasteiger partial charge in [0.1, 0.15) is 6.61 Å². The quantitative estimate of drug-likeness (QED) is 0.153. The Morgan fingerprint density at radius 2 is 1.19 bits per heavy atom. The van der Waals surface area contributed by atoms with Gasteiger partial charge in [-0.15, -0.1) is 0 Å². The molecular weight excluding hydrogens is 657 g/mol. The van der Waals surface area contributed by atoms with Gasteiger partial charge < -0.3 is 15.4 Å². The lowest BCUT2D eigenvalue weighted by molar-refractivity contribution is 0.361. The average molecular weight is 697 g/mol. The number of benzene rings is 8. The van der Waals surface area contributed by atoms with E-state index in [0.29, 0.717) is 18.0 Å². The van der Waals surface area contributed by atoms with Crippen LogP contribution in [0.1, 0.15) is 12.8 Å². The smallest absolute Gasteiger partial charge is 0.150 e. The number of allylic oxidation sites excluding steroid dienone is 2. The van der Waals surface area contributed by atoms with E-state index in [1.54, 1.807) is 0 Å². The van der Waals surface area contributed by atoms with Gasteiger partial charge in [-0.2, -0.15) is 0 Å².